The topological polar surface area (TPSA) is 85.6 Å². The third-order valence-corrected chi connectivity index (χ3v) is 2.58. The number of aromatic nitrogens is 5. The van der Waals surface area contributed by atoms with Gasteiger partial charge in [-0.25, -0.2) is 14.1 Å². The molecule has 1 aliphatic rings. The first-order chi connectivity index (χ1) is 8.75. The normalized spacial score (nSPS) is 14.5. The van der Waals surface area contributed by atoms with Crippen LogP contribution in [0.1, 0.15) is 29.4 Å². The molecule has 1 amide bonds. The molecule has 0 atom stereocenters. The fourth-order valence-corrected chi connectivity index (χ4v) is 1.55. The van der Waals surface area contributed by atoms with E-state index in [9.17, 15) is 9.18 Å². The van der Waals surface area contributed by atoms with E-state index >= 15 is 0 Å². The van der Waals surface area contributed by atoms with Crippen molar-refractivity contribution in [3.63, 3.8) is 0 Å². The minimum absolute atomic E-state index is 0.215. The van der Waals surface area contributed by atoms with Gasteiger partial charge in [-0.2, -0.15) is 0 Å². The van der Waals surface area contributed by atoms with Gasteiger partial charge in [-0.1, -0.05) is 5.10 Å². The van der Waals surface area contributed by atoms with Gasteiger partial charge >= 0.3 is 0 Å². The molecule has 0 bridgehead atoms. The number of rotatable bonds is 3. The van der Waals surface area contributed by atoms with E-state index in [-0.39, 0.29) is 17.7 Å². The van der Waals surface area contributed by atoms with Gasteiger partial charge in [-0.15, -0.1) is 0 Å². The van der Waals surface area contributed by atoms with Crippen LogP contribution in [0.5, 0.6) is 0 Å². The van der Waals surface area contributed by atoms with Gasteiger partial charge < -0.3 is 0 Å². The second kappa shape index (κ2) is 4.13. The SMILES string of the molecule is O=C(Nc1nnnn1C1CC1)c1ncccc1F. The Labute approximate surface area is 101 Å². The van der Waals surface area contributed by atoms with E-state index in [1.165, 1.54) is 23.0 Å². The molecule has 0 aromatic carbocycles. The first kappa shape index (κ1) is 10.8. The van der Waals surface area contributed by atoms with Crippen LogP contribution in [0.4, 0.5) is 10.3 Å². The maximum atomic E-state index is 13.4. The Morgan fingerprint density at radius 3 is 3.06 bits per heavy atom. The number of halogens is 1. The number of amides is 1. The van der Waals surface area contributed by atoms with Crippen molar-refractivity contribution in [3.05, 3.63) is 29.8 Å². The van der Waals surface area contributed by atoms with Crippen molar-refractivity contribution in [1.29, 1.82) is 0 Å². The average molecular weight is 248 g/mol. The van der Waals surface area contributed by atoms with Crippen LogP contribution < -0.4 is 5.32 Å². The van der Waals surface area contributed by atoms with E-state index in [1.807, 2.05) is 0 Å². The summed E-state index contributed by atoms with van der Waals surface area (Å²) in [6.45, 7) is 0. The highest BCUT2D eigenvalue weighted by molar-refractivity contribution is 6.01. The number of hydrogen-bond donors (Lipinski definition) is 1. The molecule has 0 aliphatic heterocycles. The molecule has 7 nitrogen and oxygen atoms in total. The van der Waals surface area contributed by atoms with Gasteiger partial charge in [-0.3, -0.25) is 10.1 Å². The smallest absolute Gasteiger partial charge is 0.279 e. The number of tetrazole rings is 1. The number of nitrogens with one attached hydrogen (secondary N) is 1. The molecule has 2 heterocycles. The minimum Gasteiger partial charge on any atom is -0.288 e. The van der Waals surface area contributed by atoms with Crippen LogP contribution in [-0.2, 0) is 0 Å². The van der Waals surface area contributed by atoms with Crippen molar-refractivity contribution in [2.45, 2.75) is 18.9 Å². The van der Waals surface area contributed by atoms with Crippen LogP contribution in [-0.4, -0.2) is 31.1 Å². The Morgan fingerprint density at radius 2 is 2.33 bits per heavy atom. The van der Waals surface area contributed by atoms with E-state index in [1.54, 1.807) is 0 Å². The summed E-state index contributed by atoms with van der Waals surface area (Å²) in [6, 6.07) is 2.82. The zero-order chi connectivity index (χ0) is 12.5. The highest BCUT2D eigenvalue weighted by atomic mass is 19.1. The molecule has 1 aliphatic carbocycles. The molecule has 3 rings (SSSR count). The summed E-state index contributed by atoms with van der Waals surface area (Å²) in [4.78, 5) is 15.5. The average Bonchev–Trinajstić information content (AvgIpc) is 3.11. The number of hydrogen-bond acceptors (Lipinski definition) is 5. The molecule has 0 radical (unpaired) electrons. The van der Waals surface area contributed by atoms with Crippen LogP contribution in [0.3, 0.4) is 0 Å². The lowest BCUT2D eigenvalue weighted by Crippen LogP contribution is -2.18. The summed E-state index contributed by atoms with van der Waals surface area (Å²) < 4.78 is 14.9. The van der Waals surface area contributed by atoms with Crippen LogP contribution in [0.2, 0.25) is 0 Å². The zero-order valence-electron chi connectivity index (χ0n) is 9.25. The highest BCUT2D eigenvalue weighted by Crippen LogP contribution is 2.35. The molecular formula is C10H9FN6O. The lowest BCUT2D eigenvalue weighted by molar-refractivity contribution is 0.101. The van der Waals surface area contributed by atoms with Gasteiger partial charge in [0.05, 0.1) is 6.04 Å². The molecule has 2 aromatic heterocycles. The van der Waals surface area contributed by atoms with Crippen molar-refractivity contribution in [2.75, 3.05) is 5.32 Å². The standard InChI is InChI=1S/C10H9FN6O/c11-7-2-1-5-12-8(7)9(18)13-10-14-15-16-17(10)6-3-4-6/h1-2,5-6H,3-4H2,(H,13,14,16,18). The summed E-state index contributed by atoms with van der Waals surface area (Å²) in [7, 11) is 0. The first-order valence-corrected chi connectivity index (χ1v) is 5.45. The van der Waals surface area contributed by atoms with Crippen molar-refractivity contribution >= 4 is 11.9 Å². The number of carbonyl (C=O) groups is 1. The number of pyridine rings is 1. The van der Waals surface area contributed by atoms with Crippen molar-refractivity contribution in [3.8, 4) is 0 Å². The zero-order valence-corrected chi connectivity index (χ0v) is 9.25. The molecule has 92 valence electrons. The van der Waals surface area contributed by atoms with Crippen LogP contribution in [0.25, 0.3) is 0 Å². The van der Waals surface area contributed by atoms with Crippen LogP contribution in [0.15, 0.2) is 18.3 Å². The van der Waals surface area contributed by atoms with Gasteiger partial charge in [0.1, 0.15) is 0 Å². The summed E-state index contributed by atoms with van der Waals surface area (Å²) in [6.07, 6.45) is 3.31. The Kier molecular flexibility index (Phi) is 2.47. The van der Waals surface area contributed by atoms with Crippen LogP contribution in [0, 0.1) is 5.82 Å². The summed E-state index contributed by atoms with van der Waals surface area (Å²) in [5.41, 5.74) is -0.275. The van der Waals surface area contributed by atoms with E-state index in [0.29, 0.717) is 0 Å². The number of nitrogens with zero attached hydrogens (tertiary/aromatic N) is 5. The monoisotopic (exact) mass is 248 g/mol. The largest absolute Gasteiger partial charge is 0.288 e. The van der Waals surface area contributed by atoms with E-state index in [2.05, 4.69) is 25.8 Å². The van der Waals surface area contributed by atoms with E-state index in [4.69, 9.17) is 0 Å². The Bertz CT molecular complexity index is 594. The Morgan fingerprint density at radius 1 is 1.50 bits per heavy atom. The van der Waals surface area contributed by atoms with Gasteiger partial charge in [0.15, 0.2) is 11.5 Å². The third-order valence-electron chi connectivity index (χ3n) is 2.58. The summed E-state index contributed by atoms with van der Waals surface area (Å²) in [5, 5.41) is 13.4. The predicted octanol–water partition coefficient (Wildman–Crippen LogP) is 0.794. The van der Waals surface area contributed by atoms with Gasteiger partial charge in [0, 0.05) is 6.20 Å². The van der Waals surface area contributed by atoms with E-state index in [0.717, 1.165) is 12.8 Å². The first-order valence-electron chi connectivity index (χ1n) is 5.45. The lowest BCUT2D eigenvalue weighted by atomic mass is 10.3. The van der Waals surface area contributed by atoms with Crippen molar-refractivity contribution < 1.29 is 9.18 Å². The molecule has 0 unspecified atom stereocenters. The number of anilines is 1. The molecule has 0 saturated heterocycles. The molecule has 18 heavy (non-hydrogen) atoms. The molecule has 2 aromatic rings. The molecule has 8 heteroatoms. The van der Waals surface area contributed by atoms with E-state index < -0.39 is 11.7 Å². The molecule has 1 fully saturated rings. The lowest BCUT2D eigenvalue weighted by Gasteiger charge is -2.04. The summed E-state index contributed by atoms with van der Waals surface area (Å²) in [5.74, 6) is -1.13. The number of carbonyl (C=O) groups excluding carboxylic acids is 1. The third kappa shape index (κ3) is 1.92. The quantitative estimate of drug-likeness (QED) is 0.868. The van der Waals surface area contributed by atoms with Crippen molar-refractivity contribution in [2.24, 2.45) is 0 Å². The van der Waals surface area contributed by atoms with Gasteiger partial charge in [-0.05, 0) is 35.4 Å². The Hall–Kier alpha value is -2.38. The Balaban J connectivity index is 1.82. The van der Waals surface area contributed by atoms with Gasteiger partial charge in [0.25, 0.3) is 5.91 Å². The maximum Gasteiger partial charge on any atom is 0.279 e. The van der Waals surface area contributed by atoms with Crippen molar-refractivity contribution in [1.82, 2.24) is 25.2 Å². The highest BCUT2D eigenvalue weighted by Gasteiger charge is 2.28. The minimum atomic E-state index is -0.680. The van der Waals surface area contributed by atoms with Gasteiger partial charge in [0.2, 0.25) is 5.95 Å². The fraction of sp³-hybridized carbons (Fsp3) is 0.300. The maximum absolute atomic E-state index is 13.4. The second-order valence-electron chi connectivity index (χ2n) is 3.97. The molecule has 0 spiro atoms. The fourth-order valence-electron chi connectivity index (χ4n) is 1.55. The second-order valence-corrected chi connectivity index (χ2v) is 3.97. The predicted molar refractivity (Wildman–Crippen MR) is 58.2 cm³/mol. The molecular weight excluding hydrogens is 239 g/mol. The summed E-state index contributed by atoms with van der Waals surface area (Å²) >= 11 is 0. The van der Waals surface area contributed by atoms with Crippen LogP contribution >= 0.6 is 0 Å². The molecule has 1 saturated carbocycles. The molecule has 1 N–H and O–H groups in total.